The minimum absolute atomic E-state index is 0.531. The molecule has 0 saturated carbocycles. The van der Waals surface area contributed by atoms with Gasteiger partial charge in [0.15, 0.2) is 12.2 Å². The summed E-state index contributed by atoms with van der Waals surface area (Å²) >= 11 is 5.58. The van der Waals surface area contributed by atoms with E-state index in [1.165, 1.54) is 0 Å². The molecule has 9 heavy (non-hydrogen) atoms. The van der Waals surface area contributed by atoms with Gasteiger partial charge < -0.3 is 0 Å². The van der Waals surface area contributed by atoms with E-state index in [1.807, 2.05) is 20.0 Å². The third-order valence-electron chi connectivity index (χ3n) is 1.22. The molecular weight excluding hydrogens is 136 g/mol. The summed E-state index contributed by atoms with van der Waals surface area (Å²) in [4.78, 5) is 0. The Labute approximate surface area is 59.1 Å². The molecule has 0 saturated heterocycles. The summed E-state index contributed by atoms with van der Waals surface area (Å²) in [6.07, 6.45) is 0. The van der Waals surface area contributed by atoms with Gasteiger partial charge in [-0.05, 0) is 6.07 Å². The third kappa shape index (κ3) is 1.39. The second kappa shape index (κ2) is 2.31. The van der Waals surface area contributed by atoms with Crippen molar-refractivity contribution in [1.29, 1.82) is 0 Å². The molecular formula is C6H8ClN2+. The van der Waals surface area contributed by atoms with Gasteiger partial charge in [0.05, 0.1) is 0 Å². The molecule has 0 fully saturated rings. The van der Waals surface area contributed by atoms with Crippen molar-refractivity contribution in [3.05, 3.63) is 23.0 Å². The highest BCUT2D eigenvalue weighted by molar-refractivity contribution is 6.29. The lowest BCUT2D eigenvalue weighted by Crippen LogP contribution is -2.36. The van der Waals surface area contributed by atoms with E-state index in [1.54, 1.807) is 10.7 Å². The van der Waals surface area contributed by atoms with Gasteiger partial charge in [-0.1, -0.05) is 16.3 Å². The minimum Gasteiger partial charge on any atom is -0.0900 e. The van der Waals surface area contributed by atoms with Crippen molar-refractivity contribution in [1.82, 2.24) is 5.10 Å². The van der Waals surface area contributed by atoms with Crippen molar-refractivity contribution in [2.45, 2.75) is 6.92 Å². The van der Waals surface area contributed by atoms with E-state index in [2.05, 4.69) is 5.10 Å². The number of aryl methyl sites for hydroxylation is 2. The Morgan fingerprint density at radius 1 is 1.56 bits per heavy atom. The van der Waals surface area contributed by atoms with Crippen LogP contribution in [-0.2, 0) is 7.05 Å². The summed E-state index contributed by atoms with van der Waals surface area (Å²) in [5.74, 6) is 0. The largest absolute Gasteiger partial charge is 0.205 e. The monoisotopic (exact) mass is 143 g/mol. The highest BCUT2D eigenvalue weighted by atomic mass is 35.5. The zero-order valence-electron chi connectivity index (χ0n) is 5.43. The van der Waals surface area contributed by atoms with E-state index in [0.717, 1.165) is 5.69 Å². The van der Waals surface area contributed by atoms with Crippen LogP contribution in [0.15, 0.2) is 12.1 Å². The van der Waals surface area contributed by atoms with E-state index in [4.69, 9.17) is 11.6 Å². The van der Waals surface area contributed by atoms with Crippen LogP contribution in [0, 0.1) is 6.92 Å². The lowest BCUT2D eigenvalue weighted by atomic mass is 10.4. The first kappa shape index (κ1) is 6.49. The Morgan fingerprint density at radius 2 is 2.22 bits per heavy atom. The van der Waals surface area contributed by atoms with Gasteiger partial charge in [0.2, 0.25) is 5.69 Å². The molecule has 0 aliphatic carbocycles. The van der Waals surface area contributed by atoms with Crippen LogP contribution in [0.4, 0.5) is 0 Å². The maximum atomic E-state index is 5.58. The van der Waals surface area contributed by atoms with Gasteiger partial charge in [-0.2, -0.15) is 0 Å². The molecule has 2 nitrogen and oxygen atoms in total. The molecule has 0 aromatic carbocycles. The first-order valence-electron chi connectivity index (χ1n) is 2.69. The summed E-state index contributed by atoms with van der Waals surface area (Å²) in [5, 5.41) is 4.49. The molecule has 3 heteroatoms. The fraction of sp³-hybridized carbons (Fsp3) is 0.333. The van der Waals surface area contributed by atoms with Crippen molar-refractivity contribution < 1.29 is 4.68 Å². The molecule has 0 amide bonds. The normalized spacial score (nSPS) is 9.67. The smallest absolute Gasteiger partial charge is 0.0900 e. The highest BCUT2D eigenvalue weighted by Crippen LogP contribution is 1.98. The second-order valence-electron chi connectivity index (χ2n) is 1.92. The van der Waals surface area contributed by atoms with Gasteiger partial charge in [0, 0.05) is 18.1 Å². The number of hydrogen-bond donors (Lipinski definition) is 0. The van der Waals surface area contributed by atoms with E-state index < -0.39 is 0 Å². The standard InChI is InChI=1S/C6H8ClN2/c1-5-3-4-6(7)8-9(5)2/h3-4H,1-2H3/q+1. The van der Waals surface area contributed by atoms with Gasteiger partial charge in [-0.3, -0.25) is 0 Å². The molecule has 0 aliphatic rings. The highest BCUT2D eigenvalue weighted by Gasteiger charge is 2.00. The first-order chi connectivity index (χ1) is 4.20. The summed E-state index contributed by atoms with van der Waals surface area (Å²) in [7, 11) is 1.86. The third-order valence-corrected chi connectivity index (χ3v) is 1.42. The minimum atomic E-state index is 0.531. The summed E-state index contributed by atoms with van der Waals surface area (Å²) < 4.78 is 1.74. The molecule has 1 heterocycles. The molecule has 48 valence electrons. The van der Waals surface area contributed by atoms with Crippen LogP contribution in [0.25, 0.3) is 0 Å². The first-order valence-corrected chi connectivity index (χ1v) is 3.07. The lowest BCUT2D eigenvalue weighted by Gasteiger charge is -1.88. The van der Waals surface area contributed by atoms with Crippen molar-refractivity contribution in [2.24, 2.45) is 7.05 Å². The van der Waals surface area contributed by atoms with Gasteiger partial charge in [0.1, 0.15) is 0 Å². The zero-order valence-corrected chi connectivity index (χ0v) is 6.18. The van der Waals surface area contributed by atoms with Crippen molar-refractivity contribution >= 4 is 11.6 Å². The van der Waals surface area contributed by atoms with Crippen LogP contribution in [0.2, 0.25) is 5.15 Å². The maximum absolute atomic E-state index is 5.58. The average molecular weight is 144 g/mol. The number of nitrogens with zero attached hydrogens (tertiary/aromatic N) is 2. The lowest BCUT2D eigenvalue weighted by molar-refractivity contribution is -0.736. The Hall–Kier alpha value is -0.630. The molecule has 0 unspecified atom stereocenters. The average Bonchev–Trinajstić information content (AvgIpc) is 1.80. The maximum Gasteiger partial charge on any atom is 0.205 e. The predicted molar refractivity (Wildman–Crippen MR) is 35.2 cm³/mol. The number of rotatable bonds is 0. The molecule has 0 atom stereocenters. The Bertz CT molecular complexity index is 222. The number of halogens is 1. The fourth-order valence-corrected chi connectivity index (χ4v) is 0.729. The van der Waals surface area contributed by atoms with Crippen LogP contribution in [-0.4, -0.2) is 5.10 Å². The van der Waals surface area contributed by atoms with Gasteiger partial charge in [0.25, 0.3) is 0 Å². The van der Waals surface area contributed by atoms with Crippen LogP contribution < -0.4 is 4.68 Å². The quantitative estimate of drug-likeness (QED) is 0.493. The SMILES string of the molecule is Cc1ccc(Cl)n[n+]1C. The van der Waals surface area contributed by atoms with E-state index in [-0.39, 0.29) is 0 Å². The summed E-state index contributed by atoms with van der Waals surface area (Å²) in [6.45, 7) is 1.98. The van der Waals surface area contributed by atoms with Crippen molar-refractivity contribution in [3.8, 4) is 0 Å². The van der Waals surface area contributed by atoms with Crippen molar-refractivity contribution in [2.75, 3.05) is 0 Å². The summed E-state index contributed by atoms with van der Waals surface area (Å²) in [5.41, 5.74) is 1.10. The molecule has 1 rings (SSSR count). The fourth-order valence-electron chi connectivity index (χ4n) is 0.553. The zero-order chi connectivity index (χ0) is 6.85. The molecule has 1 aromatic heterocycles. The van der Waals surface area contributed by atoms with Gasteiger partial charge >= 0.3 is 0 Å². The van der Waals surface area contributed by atoms with E-state index in [0.29, 0.717) is 5.15 Å². The van der Waals surface area contributed by atoms with Gasteiger partial charge in [-0.15, -0.1) is 0 Å². The molecule has 0 spiro atoms. The Kier molecular flexibility index (Phi) is 1.67. The second-order valence-corrected chi connectivity index (χ2v) is 2.31. The van der Waals surface area contributed by atoms with Crippen LogP contribution >= 0.6 is 11.6 Å². The molecule has 0 N–H and O–H groups in total. The summed E-state index contributed by atoms with van der Waals surface area (Å²) in [6, 6.07) is 3.70. The Balaban J connectivity index is 3.17. The Morgan fingerprint density at radius 3 is 2.67 bits per heavy atom. The molecule has 0 radical (unpaired) electrons. The van der Waals surface area contributed by atoms with E-state index >= 15 is 0 Å². The van der Waals surface area contributed by atoms with Crippen LogP contribution in [0.3, 0.4) is 0 Å². The van der Waals surface area contributed by atoms with Crippen molar-refractivity contribution in [3.63, 3.8) is 0 Å². The predicted octanol–water partition coefficient (Wildman–Crippen LogP) is 0.868. The topological polar surface area (TPSA) is 16.8 Å². The van der Waals surface area contributed by atoms with Crippen LogP contribution in [0.1, 0.15) is 5.69 Å². The van der Waals surface area contributed by atoms with Gasteiger partial charge in [-0.25, -0.2) is 0 Å². The molecule has 0 aliphatic heterocycles. The van der Waals surface area contributed by atoms with E-state index in [9.17, 15) is 0 Å². The molecule has 0 bridgehead atoms. The number of hydrogen-bond acceptors (Lipinski definition) is 1. The number of aromatic nitrogens is 2. The molecule has 1 aromatic rings. The van der Waals surface area contributed by atoms with Crippen LogP contribution in [0.5, 0.6) is 0 Å².